The first kappa shape index (κ1) is 99.2. The summed E-state index contributed by atoms with van der Waals surface area (Å²) in [6, 6.07) is 0. The third kappa shape index (κ3) is 75.4. The standard InChI is InChI=1S/C85H144O17P2/c1-5-9-13-17-21-25-29-33-35-37-39-41-43-47-49-53-57-61-65-69-82(87)95-75-80(101-84(89)71-67-63-59-55-51-45-31-27-23-19-15-11-7-3)77-99-103(91,92)97-73-79(86)74-98-104(93,94)100-78-81(102-85(90)72-68-64-60-56-52-46-32-28-24-20-16-12-8-4)76-96-83(88)70-66-62-58-54-50-48-44-42-40-38-36-34-30-26-22-18-14-10-6-2/h9-10,13-14,21-22,25-27,31,33-36,39-42,48,50,58,62,79-81,86H,5-8,11-12,15-20,23-24,28-30,32,37-38,43-47,49,51-57,59-61,63-78H2,1-4H3,(H,91,92)(H,93,94)/b13-9-,14-10-,25-21-,26-22-,31-27-,35-33-,36-34-,41-39-,42-40-,50-48-,62-58-. The maximum absolute atomic E-state index is 13.1. The van der Waals surface area contributed by atoms with Crippen LogP contribution in [0.15, 0.2) is 134 Å². The fraction of sp³-hybridized carbons (Fsp3) is 0.694. The van der Waals surface area contributed by atoms with Crippen LogP contribution in [-0.4, -0.2) is 96.7 Å². The van der Waals surface area contributed by atoms with Crippen LogP contribution in [0.25, 0.3) is 0 Å². The Morgan fingerprint density at radius 2 is 0.519 bits per heavy atom. The lowest BCUT2D eigenvalue weighted by Crippen LogP contribution is -2.30. The molecule has 0 aliphatic heterocycles. The molecular formula is C85H144O17P2. The molecule has 0 bridgehead atoms. The minimum Gasteiger partial charge on any atom is -0.462 e. The zero-order chi connectivity index (χ0) is 76.0. The highest BCUT2D eigenvalue weighted by Gasteiger charge is 2.30. The summed E-state index contributed by atoms with van der Waals surface area (Å²) in [5.74, 6) is -2.29. The Balaban J connectivity index is 5.40. The van der Waals surface area contributed by atoms with Gasteiger partial charge in [-0.25, -0.2) is 9.13 Å². The summed E-state index contributed by atoms with van der Waals surface area (Å²) in [4.78, 5) is 73.0. The fourth-order valence-electron chi connectivity index (χ4n) is 10.5. The van der Waals surface area contributed by atoms with Crippen molar-refractivity contribution in [3.05, 3.63) is 134 Å². The van der Waals surface area contributed by atoms with E-state index in [9.17, 15) is 43.2 Å². The summed E-state index contributed by atoms with van der Waals surface area (Å²) in [5.41, 5.74) is 0. The van der Waals surface area contributed by atoms with Crippen LogP contribution in [0.4, 0.5) is 0 Å². The van der Waals surface area contributed by atoms with Gasteiger partial charge in [-0.3, -0.25) is 37.3 Å². The van der Waals surface area contributed by atoms with E-state index >= 15 is 0 Å². The Kier molecular flexibility index (Phi) is 72.9. The number of hydrogen-bond acceptors (Lipinski definition) is 15. The van der Waals surface area contributed by atoms with E-state index in [0.717, 1.165) is 161 Å². The van der Waals surface area contributed by atoms with Crippen molar-refractivity contribution in [2.24, 2.45) is 0 Å². The number of ether oxygens (including phenoxy) is 4. The minimum atomic E-state index is -4.99. The second-order valence-electron chi connectivity index (χ2n) is 26.6. The van der Waals surface area contributed by atoms with Crippen molar-refractivity contribution >= 4 is 39.5 Å². The minimum absolute atomic E-state index is 0.0355. The van der Waals surface area contributed by atoms with Gasteiger partial charge in [-0.2, -0.15) is 0 Å². The number of allylic oxidation sites excluding steroid dienone is 22. The number of hydrogen-bond donors (Lipinski definition) is 3. The first-order valence-corrected chi connectivity index (χ1v) is 43.4. The molecule has 5 unspecified atom stereocenters. The van der Waals surface area contributed by atoms with Crippen LogP contribution in [-0.2, 0) is 65.4 Å². The number of phosphoric ester groups is 2. The zero-order valence-electron chi connectivity index (χ0n) is 65.2. The quantitative estimate of drug-likeness (QED) is 0.0169. The van der Waals surface area contributed by atoms with Crippen LogP contribution < -0.4 is 0 Å². The summed E-state index contributed by atoms with van der Waals surface area (Å²) < 4.78 is 68.5. The number of phosphoric acid groups is 2. The molecule has 19 heteroatoms. The van der Waals surface area contributed by atoms with Crippen LogP contribution in [0.2, 0.25) is 0 Å². The van der Waals surface area contributed by atoms with Gasteiger partial charge in [0.25, 0.3) is 0 Å². The van der Waals surface area contributed by atoms with Gasteiger partial charge in [0.15, 0.2) is 12.2 Å². The van der Waals surface area contributed by atoms with Crippen molar-refractivity contribution in [3.8, 4) is 0 Å². The molecule has 0 aromatic carbocycles. The first-order valence-electron chi connectivity index (χ1n) is 40.4. The van der Waals surface area contributed by atoms with Gasteiger partial charge in [0.1, 0.15) is 19.3 Å². The number of rotatable bonds is 75. The molecule has 0 aliphatic carbocycles. The van der Waals surface area contributed by atoms with Crippen molar-refractivity contribution in [1.29, 1.82) is 0 Å². The first-order chi connectivity index (χ1) is 50.7. The maximum atomic E-state index is 13.1. The number of aliphatic hydroxyl groups is 1. The fourth-order valence-corrected chi connectivity index (χ4v) is 12.1. The van der Waals surface area contributed by atoms with Crippen molar-refractivity contribution in [1.82, 2.24) is 0 Å². The molecule has 0 fully saturated rings. The van der Waals surface area contributed by atoms with Crippen LogP contribution in [0.5, 0.6) is 0 Å². The molecule has 104 heavy (non-hydrogen) atoms. The molecule has 3 N–H and O–H groups in total. The molecule has 596 valence electrons. The van der Waals surface area contributed by atoms with E-state index in [1.54, 1.807) is 0 Å². The number of unbranched alkanes of at least 4 members (excludes halogenated alkanes) is 27. The van der Waals surface area contributed by atoms with Gasteiger partial charge in [0.05, 0.1) is 26.4 Å². The number of carbonyl (C=O) groups excluding carboxylic acids is 4. The predicted octanol–water partition coefficient (Wildman–Crippen LogP) is 23.7. The van der Waals surface area contributed by atoms with Crippen molar-refractivity contribution in [2.45, 2.75) is 341 Å². The second kappa shape index (κ2) is 76.4. The average molecular weight is 1500 g/mol. The van der Waals surface area contributed by atoms with Gasteiger partial charge in [0.2, 0.25) is 0 Å². The Bertz CT molecular complexity index is 2490. The average Bonchev–Trinajstić information content (AvgIpc) is 0.913. The van der Waals surface area contributed by atoms with E-state index in [2.05, 4.69) is 143 Å². The van der Waals surface area contributed by atoms with Gasteiger partial charge in [-0.05, 0) is 128 Å². The van der Waals surface area contributed by atoms with E-state index in [-0.39, 0.29) is 25.7 Å². The molecular weight excluding hydrogens is 1350 g/mol. The number of aliphatic hydroxyl groups excluding tert-OH is 1. The summed E-state index contributed by atoms with van der Waals surface area (Å²) >= 11 is 0. The Morgan fingerprint density at radius 3 is 0.846 bits per heavy atom. The van der Waals surface area contributed by atoms with E-state index in [4.69, 9.17) is 37.0 Å². The van der Waals surface area contributed by atoms with Gasteiger partial charge in [0, 0.05) is 25.7 Å². The smallest absolute Gasteiger partial charge is 0.462 e. The van der Waals surface area contributed by atoms with E-state index in [1.165, 1.54) is 77.0 Å². The second-order valence-corrected chi connectivity index (χ2v) is 29.5. The third-order valence-electron chi connectivity index (χ3n) is 16.6. The number of esters is 4. The van der Waals surface area contributed by atoms with Crippen LogP contribution >= 0.6 is 15.6 Å². The topological polar surface area (TPSA) is 237 Å². The Hall–Kier alpha value is -4.80. The van der Waals surface area contributed by atoms with Crippen molar-refractivity contribution in [2.75, 3.05) is 39.6 Å². The SMILES string of the molecule is CC/C=C\C/C=C\C/C=C\C/C=C\C/C=C\C/C=C\CCC(=O)OCC(COP(=O)(O)OCC(O)COP(=O)(O)OCC(COC(=O)CCCCCCCC/C=C\C/C=C\C/C=C\C/C=C\CC)OC(=O)CCCCCCC/C=C\CCCCCC)OC(=O)CCCCCCCCCCCCCCC. The van der Waals surface area contributed by atoms with E-state index in [0.29, 0.717) is 32.1 Å². The molecule has 0 rings (SSSR count). The maximum Gasteiger partial charge on any atom is 0.472 e. The lowest BCUT2D eigenvalue weighted by atomic mass is 10.0. The van der Waals surface area contributed by atoms with Gasteiger partial charge >= 0.3 is 39.5 Å². The normalized spacial score (nSPS) is 14.6. The molecule has 0 aromatic heterocycles. The number of carbonyl (C=O) groups is 4. The Labute approximate surface area is 631 Å². The molecule has 0 saturated heterocycles. The van der Waals surface area contributed by atoms with Crippen LogP contribution in [0, 0.1) is 0 Å². The molecule has 0 aliphatic rings. The van der Waals surface area contributed by atoms with Crippen molar-refractivity contribution in [3.63, 3.8) is 0 Å². The largest absolute Gasteiger partial charge is 0.472 e. The highest BCUT2D eigenvalue weighted by atomic mass is 31.2. The zero-order valence-corrected chi connectivity index (χ0v) is 66.9. The predicted molar refractivity (Wildman–Crippen MR) is 427 cm³/mol. The summed E-state index contributed by atoms with van der Waals surface area (Å²) in [5, 5.41) is 10.6. The molecule has 0 spiro atoms. The van der Waals surface area contributed by atoms with E-state index < -0.39 is 97.5 Å². The van der Waals surface area contributed by atoms with Crippen LogP contribution in [0.3, 0.4) is 0 Å². The lowest BCUT2D eigenvalue weighted by Gasteiger charge is -2.21. The van der Waals surface area contributed by atoms with Crippen molar-refractivity contribution < 1.29 is 80.2 Å². The molecule has 0 heterocycles. The summed E-state index contributed by atoms with van der Waals surface area (Å²) in [6.45, 7) is 4.54. The van der Waals surface area contributed by atoms with Gasteiger partial charge in [-0.1, -0.05) is 303 Å². The molecule has 0 amide bonds. The van der Waals surface area contributed by atoms with Gasteiger partial charge in [-0.15, -0.1) is 0 Å². The highest BCUT2D eigenvalue weighted by molar-refractivity contribution is 7.47. The summed E-state index contributed by atoms with van der Waals surface area (Å²) in [7, 11) is -9.98. The van der Waals surface area contributed by atoms with Crippen LogP contribution in [0.1, 0.15) is 323 Å². The van der Waals surface area contributed by atoms with Gasteiger partial charge < -0.3 is 33.8 Å². The molecule has 0 saturated carbocycles. The monoisotopic (exact) mass is 1500 g/mol. The van der Waals surface area contributed by atoms with E-state index in [1.807, 2.05) is 18.2 Å². The summed E-state index contributed by atoms with van der Waals surface area (Å²) in [6.07, 6.45) is 85.8. The highest BCUT2D eigenvalue weighted by Crippen LogP contribution is 2.45. The third-order valence-corrected chi connectivity index (χ3v) is 18.5. The molecule has 5 atom stereocenters. The molecule has 0 aromatic rings. The lowest BCUT2D eigenvalue weighted by molar-refractivity contribution is -0.161. The molecule has 0 radical (unpaired) electrons. The Morgan fingerprint density at radius 1 is 0.279 bits per heavy atom. The molecule has 17 nitrogen and oxygen atoms in total.